The van der Waals surface area contributed by atoms with E-state index in [2.05, 4.69) is 22.4 Å². The van der Waals surface area contributed by atoms with E-state index in [1.54, 1.807) is 4.90 Å². The standard InChI is InChI=1S/C26H40F3N5O3/c1-24(2,27)16-33-12-8-18(15-33)36-19-5-4-9-26(28,29)20(19)30-23(35)34-13-10-25(3,11-14-34)22-31-21(37-32-22)17-6-7-17/h17-20H,4-16H2,1-3H3,(H,30,35)/t18-,19-,20+/m0/s1. The van der Waals surface area contributed by atoms with Crippen LogP contribution in [-0.2, 0) is 10.2 Å². The SMILES string of the molecule is CC(C)(F)CN1CC[C@H](O[C@H]2CCCC(F)(F)[C@@H]2NC(=O)N2CCC(C)(c3noc(C4CC4)n3)CC2)C1. The Morgan fingerprint density at radius 2 is 1.89 bits per heavy atom. The quantitative estimate of drug-likeness (QED) is 0.566. The van der Waals surface area contributed by atoms with Gasteiger partial charge < -0.3 is 19.5 Å². The van der Waals surface area contributed by atoms with Gasteiger partial charge in [0.15, 0.2) is 5.82 Å². The zero-order valence-electron chi connectivity index (χ0n) is 22.1. The number of amides is 2. The zero-order valence-corrected chi connectivity index (χ0v) is 22.1. The van der Waals surface area contributed by atoms with Crippen LogP contribution in [0.2, 0.25) is 0 Å². The zero-order chi connectivity index (χ0) is 26.4. The number of halogens is 3. The molecule has 0 bridgehead atoms. The number of urea groups is 1. The molecule has 2 saturated heterocycles. The van der Waals surface area contributed by atoms with Crippen LogP contribution in [0.15, 0.2) is 4.52 Å². The van der Waals surface area contributed by atoms with Crippen LogP contribution in [0.25, 0.3) is 0 Å². The molecule has 1 aromatic heterocycles. The monoisotopic (exact) mass is 527 g/mol. The molecule has 37 heavy (non-hydrogen) atoms. The summed E-state index contributed by atoms with van der Waals surface area (Å²) in [5.74, 6) is -1.30. The number of nitrogens with one attached hydrogen (secondary N) is 1. The van der Waals surface area contributed by atoms with Gasteiger partial charge in [0.1, 0.15) is 11.7 Å². The molecule has 2 aliphatic carbocycles. The molecule has 4 fully saturated rings. The van der Waals surface area contributed by atoms with Gasteiger partial charge in [-0.25, -0.2) is 18.0 Å². The van der Waals surface area contributed by atoms with Crippen LogP contribution in [-0.4, -0.2) is 88.5 Å². The highest BCUT2D eigenvalue weighted by Crippen LogP contribution is 2.41. The van der Waals surface area contributed by atoms with E-state index in [-0.39, 0.29) is 24.5 Å². The Labute approximate surface area is 216 Å². The van der Waals surface area contributed by atoms with Crippen LogP contribution in [0.3, 0.4) is 0 Å². The van der Waals surface area contributed by atoms with E-state index in [1.165, 1.54) is 13.8 Å². The highest BCUT2D eigenvalue weighted by Gasteiger charge is 2.50. The van der Waals surface area contributed by atoms with E-state index >= 15 is 8.78 Å². The first-order valence-electron chi connectivity index (χ1n) is 13.8. The van der Waals surface area contributed by atoms with Crippen molar-refractivity contribution in [3.63, 3.8) is 0 Å². The third-order valence-corrected chi connectivity index (χ3v) is 8.36. The number of nitrogens with zero attached hydrogens (tertiary/aromatic N) is 4. The largest absolute Gasteiger partial charge is 0.371 e. The molecule has 5 rings (SSSR count). The second-order valence-corrected chi connectivity index (χ2v) is 12.4. The summed E-state index contributed by atoms with van der Waals surface area (Å²) < 4.78 is 55.7. The lowest BCUT2D eigenvalue weighted by atomic mass is 9.79. The number of alkyl halides is 3. The van der Waals surface area contributed by atoms with Crippen LogP contribution >= 0.6 is 0 Å². The summed E-state index contributed by atoms with van der Waals surface area (Å²) in [6, 6.07) is -1.87. The first-order valence-corrected chi connectivity index (χ1v) is 13.8. The van der Waals surface area contributed by atoms with Crippen LogP contribution in [0, 0.1) is 0 Å². The Bertz CT molecular complexity index is 955. The minimum atomic E-state index is -3.05. The summed E-state index contributed by atoms with van der Waals surface area (Å²) in [6.45, 7) is 7.46. The van der Waals surface area contributed by atoms with Gasteiger partial charge in [0.25, 0.3) is 5.92 Å². The molecule has 208 valence electrons. The molecule has 3 heterocycles. The van der Waals surface area contributed by atoms with Crippen molar-refractivity contribution in [2.75, 3.05) is 32.7 Å². The topological polar surface area (TPSA) is 83.7 Å². The maximum absolute atomic E-state index is 15.0. The van der Waals surface area contributed by atoms with Crippen molar-refractivity contribution in [3.8, 4) is 0 Å². The van der Waals surface area contributed by atoms with Gasteiger partial charge in [0.2, 0.25) is 5.89 Å². The van der Waals surface area contributed by atoms with E-state index in [0.29, 0.717) is 75.9 Å². The predicted octanol–water partition coefficient (Wildman–Crippen LogP) is 4.41. The number of ether oxygens (including phenoxy) is 1. The molecule has 1 N–H and O–H groups in total. The average Bonchev–Trinajstić information content (AvgIpc) is 3.37. The maximum atomic E-state index is 15.0. The van der Waals surface area contributed by atoms with Crippen LogP contribution in [0.5, 0.6) is 0 Å². The number of carbonyl (C=O) groups excluding carboxylic acids is 1. The number of rotatable bonds is 7. The lowest BCUT2D eigenvalue weighted by Gasteiger charge is -2.42. The van der Waals surface area contributed by atoms with Gasteiger partial charge >= 0.3 is 6.03 Å². The third-order valence-electron chi connectivity index (χ3n) is 8.36. The van der Waals surface area contributed by atoms with Gasteiger partial charge in [-0.15, -0.1) is 0 Å². The second kappa shape index (κ2) is 10.0. The Hall–Kier alpha value is -1.88. The molecule has 2 aliphatic heterocycles. The van der Waals surface area contributed by atoms with Crippen molar-refractivity contribution in [1.82, 2.24) is 25.3 Å². The number of aromatic nitrogens is 2. The van der Waals surface area contributed by atoms with Gasteiger partial charge in [-0.05, 0) is 58.8 Å². The Morgan fingerprint density at radius 1 is 1.16 bits per heavy atom. The first kappa shape index (κ1) is 26.7. The minimum Gasteiger partial charge on any atom is -0.371 e. The molecular weight excluding hydrogens is 487 g/mol. The van der Waals surface area contributed by atoms with Gasteiger partial charge in [0, 0.05) is 50.5 Å². The van der Waals surface area contributed by atoms with Crippen molar-refractivity contribution < 1.29 is 27.2 Å². The summed E-state index contributed by atoms with van der Waals surface area (Å²) in [5.41, 5.74) is -1.63. The van der Waals surface area contributed by atoms with E-state index in [0.717, 1.165) is 12.8 Å². The summed E-state index contributed by atoms with van der Waals surface area (Å²) in [4.78, 5) is 21.3. The normalized spacial score (nSPS) is 30.4. The third kappa shape index (κ3) is 6.24. The minimum absolute atomic E-state index is 0.244. The molecule has 3 atom stereocenters. The molecule has 2 amide bonds. The Balaban J connectivity index is 1.17. The lowest BCUT2D eigenvalue weighted by Crippen LogP contribution is -2.61. The van der Waals surface area contributed by atoms with Gasteiger partial charge in [0.05, 0.1) is 12.2 Å². The summed E-state index contributed by atoms with van der Waals surface area (Å²) in [5, 5.41) is 6.83. The number of piperidine rings is 1. The van der Waals surface area contributed by atoms with Gasteiger partial charge in [-0.1, -0.05) is 12.1 Å². The molecule has 11 heteroatoms. The van der Waals surface area contributed by atoms with E-state index in [9.17, 15) is 9.18 Å². The van der Waals surface area contributed by atoms with Crippen molar-refractivity contribution in [2.45, 2.75) is 113 Å². The molecule has 2 saturated carbocycles. The first-order chi connectivity index (χ1) is 17.4. The lowest BCUT2D eigenvalue weighted by molar-refractivity contribution is -0.138. The number of likely N-dealkylation sites (tertiary alicyclic amines) is 2. The highest BCUT2D eigenvalue weighted by molar-refractivity contribution is 5.75. The van der Waals surface area contributed by atoms with Crippen LogP contribution in [0.4, 0.5) is 18.0 Å². The summed E-state index contributed by atoms with van der Waals surface area (Å²) in [6.07, 6.45) is 3.61. The molecule has 0 spiro atoms. The molecule has 4 aliphatic rings. The molecule has 8 nitrogen and oxygen atoms in total. The van der Waals surface area contributed by atoms with Gasteiger partial charge in [-0.3, -0.25) is 4.90 Å². The number of hydrogen-bond donors (Lipinski definition) is 1. The molecule has 0 unspecified atom stereocenters. The van der Waals surface area contributed by atoms with Crippen LogP contribution < -0.4 is 5.32 Å². The van der Waals surface area contributed by atoms with Crippen LogP contribution in [0.1, 0.15) is 89.8 Å². The maximum Gasteiger partial charge on any atom is 0.317 e. The van der Waals surface area contributed by atoms with E-state index < -0.39 is 29.8 Å². The fourth-order valence-corrected chi connectivity index (χ4v) is 5.94. The summed E-state index contributed by atoms with van der Waals surface area (Å²) >= 11 is 0. The Morgan fingerprint density at radius 3 is 2.57 bits per heavy atom. The summed E-state index contributed by atoms with van der Waals surface area (Å²) in [7, 11) is 0. The fourth-order valence-electron chi connectivity index (χ4n) is 5.94. The van der Waals surface area contributed by atoms with Crippen molar-refractivity contribution in [3.05, 3.63) is 11.7 Å². The van der Waals surface area contributed by atoms with Crippen molar-refractivity contribution in [2.24, 2.45) is 0 Å². The van der Waals surface area contributed by atoms with Crippen molar-refractivity contribution in [1.29, 1.82) is 0 Å². The average molecular weight is 528 g/mol. The fraction of sp³-hybridized carbons (Fsp3) is 0.885. The smallest absolute Gasteiger partial charge is 0.317 e. The van der Waals surface area contributed by atoms with E-state index in [4.69, 9.17) is 9.26 Å². The highest BCUT2D eigenvalue weighted by atomic mass is 19.3. The predicted molar refractivity (Wildman–Crippen MR) is 130 cm³/mol. The number of hydrogen-bond acceptors (Lipinski definition) is 6. The van der Waals surface area contributed by atoms with Crippen molar-refractivity contribution >= 4 is 6.03 Å². The Kier molecular flexibility index (Phi) is 7.23. The van der Waals surface area contributed by atoms with E-state index in [1.807, 2.05) is 4.90 Å². The second-order valence-electron chi connectivity index (χ2n) is 12.4. The number of carbonyl (C=O) groups is 1. The molecule has 1 aromatic rings. The molecule has 0 aromatic carbocycles. The molecular formula is C26H40F3N5O3. The van der Waals surface area contributed by atoms with Gasteiger partial charge in [-0.2, -0.15) is 4.98 Å². The molecule has 0 radical (unpaired) electrons.